The third kappa shape index (κ3) is 1.87. The molecule has 0 bridgehead atoms. The Morgan fingerprint density at radius 2 is 2.20 bits per heavy atom. The summed E-state index contributed by atoms with van der Waals surface area (Å²) in [5.74, 6) is -0.0393. The van der Waals surface area contributed by atoms with E-state index in [2.05, 4.69) is 15.2 Å². The lowest BCUT2D eigenvalue weighted by molar-refractivity contribution is 0.0997. The van der Waals surface area contributed by atoms with Crippen LogP contribution in [0.5, 0.6) is 5.88 Å². The molecule has 0 atom stereocenters. The summed E-state index contributed by atoms with van der Waals surface area (Å²) < 4.78 is 5.24. The van der Waals surface area contributed by atoms with Gasteiger partial charge in [-0.1, -0.05) is 6.07 Å². The van der Waals surface area contributed by atoms with Crippen molar-refractivity contribution in [1.82, 2.24) is 15.2 Å². The predicted molar refractivity (Wildman–Crippen MR) is 74.4 cm³/mol. The lowest BCUT2D eigenvalue weighted by Crippen LogP contribution is -2.11. The molecule has 20 heavy (non-hydrogen) atoms. The Kier molecular flexibility index (Phi) is 2.83. The second-order valence-corrected chi connectivity index (χ2v) is 4.26. The molecule has 6 nitrogen and oxygen atoms in total. The Labute approximate surface area is 114 Å². The maximum absolute atomic E-state index is 11.3. The Hall–Kier alpha value is -2.89. The van der Waals surface area contributed by atoms with Crippen LogP contribution in [0.3, 0.4) is 0 Å². The fourth-order valence-electron chi connectivity index (χ4n) is 2.14. The molecular weight excluding hydrogens is 256 g/mol. The van der Waals surface area contributed by atoms with Crippen LogP contribution in [0.25, 0.3) is 22.0 Å². The average Bonchev–Trinajstić information content (AvgIpc) is 2.90. The lowest BCUT2D eigenvalue weighted by Gasteiger charge is -2.07. The third-order valence-corrected chi connectivity index (χ3v) is 3.07. The molecule has 1 amide bonds. The van der Waals surface area contributed by atoms with E-state index in [0.717, 1.165) is 16.6 Å². The van der Waals surface area contributed by atoms with Gasteiger partial charge in [-0.05, 0) is 29.8 Å². The number of nitrogens with two attached hydrogens (primary N) is 1. The van der Waals surface area contributed by atoms with Crippen molar-refractivity contribution >= 4 is 16.8 Å². The molecule has 1 aromatic carbocycles. The minimum atomic E-state index is -0.563. The van der Waals surface area contributed by atoms with Gasteiger partial charge in [0.25, 0.3) is 5.91 Å². The van der Waals surface area contributed by atoms with Crippen LogP contribution in [0.15, 0.2) is 36.5 Å². The van der Waals surface area contributed by atoms with Crippen LogP contribution in [0.1, 0.15) is 10.5 Å². The Morgan fingerprint density at radius 1 is 1.35 bits per heavy atom. The molecule has 0 saturated heterocycles. The van der Waals surface area contributed by atoms with Gasteiger partial charge in [0.2, 0.25) is 5.88 Å². The number of carbonyl (C=O) groups is 1. The lowest BCUT2D eigenvalue weighted by atomic mass is 10.0. The molecule has 3 aromatic rings. The number of benzene rings is 1. The van der Waals surface area contributed by atoms with Crippen molar-refractivity contribution in [2.45, 2.75) is 0 Å². The summed E-state index contributed by atoms with van der Waals surface area (Å²) in [6.45, 7) is 0. The summed E-state index contributed by atoms with van der Waals surface area (Å²) in [6, 6.07) is 9.32. The molecule has 0 unspecified atom stereocenters. The normalized spacial score (nSPS) is 10.7. The topological polar surface area (TPSA) is 93.9 Å². The van der Waals surface area contributed by atoms with Gasteiger partial charge in [0.15, 0.2) is 5.69 Å². The number of hydrogen-bond acceptors (Lipinski definition) is 4. The first kappa shape index (κ1) is 12.2. The van der Waals surface area contributed by atoms with Gasteiger partial charge in [-0.3, -0.25) is 9.89 Å². The molecule has 0 spiro atoms. The van der Waals surface area contributed by atoms with Gasteiger partial charge in [-0.2, -0.15) is 5.10 Å². The van der Waals surface area contributed by atoms with E-state index in [1.54, 1.807) is 13.3 Å². The zero-order valence-corrected chi connectivity index (χ0v) is 10.8. The Balaban J connectivity index is 2.22. The van der Waals surface area contributed by atoms with Crippen LogP contribution < -0.4 is 10.5 Å². The summed E-state index contributed by atoms with van der Waals surface area (Å²) in [7, 11) is 1.57. The molecule has 3 rings (SSSR count). The number of aromatic amines is 1. The summed E-state index contributed by atoms with van der Waals surface area (Å²) in [5.41, 5.74) is 8.01. The molecule has 2 heterocycles. The van der Waals surface area contributed by atoms with E-state index in [9.17, 15) is 4.79 Å². The first-order valence-electron chi connectivity index (χ1n) is 5.98. The number of nitrogens with one attached hydrogen (secondary N) is 1. The largest absolute Gasteiger partial charge is 0.481 e. The summed E-state index contributed by atoms with van der Waals surface area (Å²) in [5, 5.41) is 7.39. The zero-order chi connectivity index (χ0) is 14.1. The third-order valence-electron chi connectivity index (χ3n) is 3.07. The minimum absolute atomic E-state index is 0.227. The molecule has 0 aliphatic heterocycles. The number of pyridine rings is 1. The van der Waals surface area contributed by atoms with Crippen LogP contribution in [-0.2, 0) is 0 Å². The van der Waals surface area contributed by atoms with Crippen molar-refractivity contribution < 1.29 is 9.53 Å². The van der Waals surface area contributed by atoms with Crippen LogP contribution >= 0.6 is 0 Å². The number of ether oxygens (including phenoxy) is 1. The van der Waals surface area contributed by atoms with E-state index in [4.69, 9.17) is 10.5 Å². The quantitative estimate of drug-likeness (QED) is 0.756. The fourth-order valence-corrected chi connectivity index (χ4v) is 2.14. The predicted octanol–water partition coefficient (Wildman–Crippen LogP) is 1.73. The maximum atomic E-state index is 11.3. The summed E-state index contributed by atoms with van der Waals surface area (Å²) >= 11 is 0. The Bertz CT molecular complexity index is 795. The molecule has 3 N–H and O–H groups in total. The summed E-state index contributed by atoms with van der Waals surface area (Å²) in [4.78, 5) is 15.5. The molecule has 2 aromatic heterocycles. The van der Waals surface area contributed by atoms with Gasteiger partial charge in [-0.25, -0.2) is 4.98 Å². The molecular formula is C14H12N4O2. The first-order chi connectivity index (χ1) is 9.70. The first-order valence-corrected chi connectivity index (χ1v) is 5.98. The number of primary amides is 1. The minimum Gasteiger partial charge on any atom is -0.481 e. The number of methoxy groups -OCH3 is 1. The number of hydrogen-bond donors (Lipinski definition) is 2. The zero-order valence-electron chi connectivity index (χ0n) is 10.8. The van der Waals surface area contributed by atoms with E-state index in [1.807, 2.05) is 30.3 Å². The van der Waals surface area contributed by atoms with Gasteiger partial charge >= 0.3 is 0 Å². The number of carbonyl (C=O) groups excluding carboxylic acids is 1. The molecule has 0 saturated carbocycles. The van der Waals surface area contributed by atoms with Crippen molar-refractivity contribution in [3.05, 3.63) is 42.2 Å². The summed E-state index contributed by atoms with van der Waals surface area (Å²) in [6.07, 6.45) is 1.66. The highest BCUT2D eigenvalue weighted by Crippen LogP contribution is 2.30. The second-order valence-electron chi connectivity index (χ2n) is 4.26. The van der Waals surface area contributed by atoms with Crippen LogP contribution in [0.4, 0.5) is 0 Å². The van der Waals surface area contributed by atoms with Gasteiger partial charge in [0, 0.05) is 17.1 Å². The highest BCUT2D eigenvalue weighted by atomic mass is 16.5. The SMILES string of the molecule is COc1ncccc1-c1ccc2[nH]nc(C(N)=O)c2c1. The van der Waals surface area contributed by atoms with Crippen molar-refractivity contribution in [2.24, 2.45) is 5.73 Å². The van der Waals surface area contributed by atoms with Gasteiger partial charge < -0.3 is 10.5 Å². The molecule has 0 aliphatic carbocycles. The molecule has 6 heteroatoms. The fraction of sp³-hybridized carbons (Fsp3) is 0.0714. The van der Waals surface area contributed by atoms with E-state index >= 15 is 0 Å². The highest BCUT2D eigenvalue weighted by Gasteiger charge is 2.13. The van der Waals surface area contributed by atoms with Crippen molar-refractivity contribution in [3.63, 3.8) is 0 Å². The molecule has 100 valence electrons. The number of H-pyrrole nitrogens is 1. The average molecular weight is 268 g/mol. The van der Waals surface area contributed by atoms with E-state index < -0.39 is 5.91 Å². The number of fused-ring (bicyclic) bond motifs is 1. The van der Waals surface area contributed by atoms with E-state index in [1.165, 1.54) is 0 Å². The van der Waals surface area contributed by atoms with Gasteiger partial charge in [-0.15, -0.1) is 0 Å². The van der Waals surface area contributed by atoms with Crippen molar-refractivity contribution in [2.75, 3.05) is 7.11 Å². The highest BCUT2D eigenvalue weighted by molar-refractivity contribution is 6.05. The van der Waals surface area contributed by atoms with Crippen LogP contribution in [0.2, 0.25) is 0 Å². The molecule has 0 fully saturated rings. The van der Waals surface area contributed by atoms with Crippen molar-refractivity contribution in [3.8, 4) is 17.0 Å². The van der Waals surface area contributed by atoms with E-state index in [-0.39, 0.29) is 5.69 Å². The maximum Gasteiger partial charge on any atom is 0.269 e. The van der Waals surface area contributed by atoms with Crippen molar-refractivity contribution in [1.29, 1.82) is 0 Å². The van der Waals surface area contributed by atoms with E-state index in [0.29, 0.717) is 11.3 Å². The Morgan fingerprint density at radius 3 is 2.95 bits per heavy atom. The number of amides is 1. The number of nitrogens with zero attached hydrogens (tertiary/aromatic N) is 2. The smallest absolute Gasteiger partial charge is 0.269 e. The standard InChI is InChI=1S/C14H12N4O2/c1-20-14-9(3-2-6-16-14)8-4-5-11-10(7-8)12(13(15)19)18-17-11/h2-7H,1H3,(H2,15,19)(H,17,18). The molecule has 0 radical (unpaired) electrons. The monoisotopic (exact) mass is 268 g/mol. The van der Waals surface area contributed by atoms with Gasteiger partial charge in [0.05, 0.1) is 12.6 Å². The number of aromatic nitrogens is 3. The van der Waals surface area contributed by atoms with Crippen LogP contribution in [0, 0.1) is 0 Å². The number of rotatable bonds is 3. The second kappa shape index (κ2) is 4.65. The molecule has 0 aliphatic rings. The van der Waals surface area contributed by atoms with Crippen LogP contribution in [-0.4, -0.2) is 28.2 Å². The van der Waals surface area contributed by atoms with Gasteiger partial charge in [0.1, 0.15) is 0 Å².